The van der Waals surface area contributed by atoms with E-state index in [1.54, 1.807) is 11.8 Å². The number of halogens is 1. The fourth-order valence-electron chi connectivity index (χ4n) is 2.07. The molecule has 5 heteroatoms. The molecule has 0 aliphatic carbocycles. The minimum Gasteiger partial charge on any atom is -0.311 e. The van der Waals surface area contributed by atoms with Gasteiger partial charge in [0.25, 0.3) is 0 Å². The number of fused-ring (bicyclic) bond motifs is 1. The summed E-state index contributed by atoms with van der Waals surface area (Å²) in [6, 6.07) is 8.16. The van der Waals surface area contributed by atoms with Crippen LogP contribution in [0.2, 0.25) is 0 Å². The first-order chi connectivity index (χ1) is 8.97. The van der Waals surface area contributed by atoms with Crippen molar-refractivity contribution >= 4 is 35.8 Å². The van der Waals surface area contributed by atoms with E-state index in [1.807, 2.05) is 23.1 Å². The maximum absolute atomic E-state index is 12.4. The van der Waals surface area contributed by atoms with Crippen molar-refractivity contribution in [3.05, 3.63) is 29.8 Å². The number of carbonyl (C=O) groups excluding carboxylic acids is 1. The maximum Gasteiger partial charge on any atom is 0.237 e. The number of anilines is 1. The average molecular weight is 315 g/mol. The molecule has 0 aromatic heterocycles. The molecule has 1 aromatic carbocycles. The van der Waals surface area contributed by atoms with Gasteiger partial charge < -0.3 is 10.2 Å². The number of para-hydroxylation sites is 1. The molecule has 0 atom stereocenters. The monoisotopic (exact) mass is 314 g/mol. The Kier molecular flexibility index (Phi) is 6.37. The lowest BCUT2D eigenvalue weighted by Gasteiger charge is -2.24. The molecular formula is C15H23ClN2OS. The number of hydrogen-bond donors (Lipinski definition) is 1. The van der Waals surface area contributed by atoms with Gasteiger partial charge in [-0.25, -0.2) is 0 Å². The first kappa shape index (κ1) is 17.3. The molecule has 0 bridgehead atoms. The highest BCUT2D eigenvalue weighted by Crippen LogP contribution is 2.26. The Morgan fingerprint density at radius 2 is 2.05 bits per heavy atom. The predicted molar refractivity (Wildman–Crippen MR) is 90.0 cm³/mol. The third kappa shape index (κ3) is 4.69. The Morgan fingerprint density at radius 1 is 1.35 bits per heavy atom. The molecule has 0 unspecified atom stereocenters. The third-order valence-corrected chi connectivity index (χ3v) is 4.30. The summed E-state index contributed by atoms with van der Waals surface area (Å²) in [5.74, 6) is 0.744. The van der Waals surface area contributed by atoms with E-state index in [0.717, 1.165) is 25.3 Å². The summed E-state index contributed by atoms with van der Waals surface area (Å²) in [5, 5.41) is 3.36. The van der Waals surface area contributed by atoms with Crippen molar-refractivity contribution in [1.29, 1.82) is 0 Å². The molecular weight excluding hydrogens is 292 g/mol. The van der Waals surface area contributed by atoms with Gasteiger partial charge in [0.15, 0.2) is 0 Å². The van der Waals surface area contributed by atoms with Gasteiger partial charge in [0, 0.05) is 30.1 Å². The van der Waals surface area contributed by atoms with Gasteiger partial charge in [-0.05, 0) is 11.6 Å². The van der Waals surface area contributed by atoms with Gasteiger partial charge in [-0.2, -0.15) is 0 Å². The summed E-state index contributed by atoms with van der Waals surface area (Å²) in [4.78, 5) is 14.4. The topological polar surface area (TPSA) is 32.3 Å². The molecule has 1 N–H and O–H groups in total. The van der Waals surface area contributed by atoms with Crippen molar-refractivity contribution in [1.82, 2.24) is 5.32 Å². The molecule has 1 aromatic rings. The van der Waals surface area contributed by atoms with Gasteiger partial charge in [0.2, 0.25) is 5.91 Å². The van der Waals surface area contributed by atoms with Crippen molar-refractivity contribution < 1.29 is 4.79 Å². The zero-order valence-electron chi connectivity index (χ0n) is 12.3. The van der Waals surface area contributed by atoms with Gasteiger partial charge >= 0.3 is 0 Å². The van der Waals surface area contributed by atoms with Gasteiger partial charge in [-0.15, -0.1) is 24.2 Å². The van der Waals surface area contributed by atoms with Crippen molar-refractivity contribution in [2.75, 3.05) is 23.7 Å². The summed E-state index contributed by atoms with van der Waals surface area (Å²) in [6.45, 7) is 8.86. The second-order valence-corrected chi connectivity index (χ2v) is 7.55. The highest BCUT2D eigenvalue weighted by Gasteiger charge is 2.22. The SMILES string of the molecule is CC(C)(C)SCC(=O)N1CCNCc2ccccc21.Cl. The molecule has 0 spiro atoms. The lowest BCUT2D eigenvalue weighted by atomic mass is 10.1. The molecule has 0 fully saturated rings. The Labute approximate surface area is 131 Å². The van der Waals surface area contributed by atoms with Crippen LogP contribution in [0.5, 0.6) is 0 Å². The van der Waals surface area contributed by atoms with Gasteiger partial charge in [-0.3, -0.25) is 4.79 Å². The highest BCUT2D eigenvalue weighted by molar-refractivity contribution is 8.01. The summed E-state index contributed by atoms with van der Waals surface area (Å²) < 4.78 is 0.124. The second kappa shape index (κ2) is 7.34. The lowest BCUT2D eigenvalue weighted by molar-refractivity contribution is -0.116. The van der Waals surface area contributed by atoms with Gasteiger partial charge in [0.1, 0.15) is 0 Å². The Morgan fingerprint density at radius 3 is 2.75 bits per heavy atom. The van der Waals surface area contributed by atoms with Crippen LogP contribution in [0.15, 0.2) is 24.3 Å². The van der Waals surface area contributed by atoms with Crippen LogP contribution in [0.25, 0.3) is 0 Å². The average Bonchev–Trinajstić information content (AvgIpc) is 2.57. The number of nitrogens with zero attached hydrogens (tertiary/aromatic N) is 1. The number of thioether (sulfide) groups is 1. The zero-order valence-corrected chi connectivity index (χ0v) is 13.9. The smallest absolute Gasteiger partial charge is 0.237 e. The van der Waals surface area contributed by atoms with Crippen molar-refractivity contribution in [2.45, 2.75) is 32.1 Å². The maximum atomic E-state index is 12.4. The van der Waals surface area contributed by atoms with Crippen LogP contribution < -0.4 is 10.2 Å². The van der Waals surface area contributed by atoms with E-state index in [-0.39, 0.29) is 23.1 Å². The number of carbonyl (C=O) groups is 1. The molecule has 0 saturated heterocycles. The Balaban J connectivity index is 0.00000200. The predicted octanol–water partition coefficient (Wildman–Crippen LogP) is 3.08. The first-order valence-corrected chi connectivity index (χ1v) is 7.69. The van der Waals surface area contributed by atoms with Crippen molar-refractivity contribution in [3.63, 3.8) is 0 Å². The molecule has 3 nitrogen and oxygen atoms in total. The number of amides is 1. The Bertz CT molecular complexity index is 459. The zero-order chi connectivity index (χ0) is 13.9. The standard InChI is InChI=1S/C15H22N2OS.ClH/c1-15(2,3)19-11-14(18)17-9-8-16-10-12-6-4-5-7-13(12)17;/h4-7,16H,8-11H2,1-3H3;1H. The quantitative estimate of drug-likeness (QED) is 0.910. The number of benzene rings is 1. The fourth-order valence-corrected chi connectivity index (χ4v) is 2.79. The molecule has 1 amide bonds. The van der Waals surface area contributed by atoms with Crippen molar-refractivity contribution in [3.8, 4) is 0 Å². The molecule has 1 aliphatic rings. The highest BCUT2D eigenvalue weighted by atomic mass is 35.5. The molecule has 0 radical (unpaired) electrons. The van der Waals surface area contributed by atoms with Crippen molar-refractivity contribution in [2.24, 2.45) is 0 Å². The fraction of sp³-hybridized carbons (Fsp3) is 0.533. The van der Waals surface area contributed by atoms with E-state index in [4.69, 9.17) is 0 Å². The second-order valence-electron chi connectivity index (χ2n) is 5.75. The number of rotatable bonds is 2. The minimum atomic E-state index is 0. The molecule has 2 rings (SSSR count). The van der Waals surface area contributed by atoms with Crippen LogP contribution in [-0.4, -0.2) is 29.5 Å². The van der Waals surface area contributed by atoms with E-state index >= 15 is 0 Å². The third-order valence-electron chi connectivity index (χ3n) is 3.04. The molecule has 20 heavy (non-hydrogen) atoms. The first-order valence-electron chi connectivity index (χ1n) is 6.70. The summed E-state index contributed by atoms with van der Waals surface area (Å²) >= 11 is 1.71. The lowest BCUT2D eigenvalue weighted by Crippen LogP contribution is -2.36. The number of hydrogen-bond acceptors (Lipinski definition) is 3. The van der Waals surface area contributed by atoms with E-state index < -0.39 is 0 Å². The van der Waals surface area contributed by atoms with Crippen LogP contribution in [-0.2, 0) is 11.3 Å². The van der Waals surface area contributed by atoms with Gasteiger partial charge in [-0.1, -0.05) is 39.0 Å². The van der Waals surface area contributed by atoms with Crippen LogP contribution in [0.3, 0.4) is 0 Å². The summed E-state index contributed by atoms with van der Waals surface area (Å²) in [6.07, 6.45) is 0. The van der Waals surface area contributed by atoms with E-state index in [0.29, 0.717) is 5.75 Å². The number of nitrogens with one attached hydrogen (secondary N) is 1. The van der Waals surface area contributed by atoms with Crippen LogP contribution in [0.1, 0.15) is 26.3 Å². The van der Waals surface area contributed by atoms with Crippen LogP contribution >= 0.6 is 24.2 Å². The Hall–Kier alpha value is -0.710. The van der Waals surface area contributed by atoms with Crippen LogP contribution in [0, 0.1) is 0 Å². The molecule has 1 aliphatic heterocycles. The minimum absolute atomic E-state index is 0. The van der Waals surface area contributed by atoms with E-state index in [9.17, 15) is 4.79 Å². The molecule has 112 valence electrons. The van der Waals surface area contributed by atoms with E-state index in [1.165, 1.54) is 5.56 Å². The largest absolute Gasteiger partial charge is 0.311 e. The van der Waals surface area contributed by atoms with Crippen LogP contribution in [0.4, 0.5) is 5.69 Å². The summed E-state index contributed by atoms with van der Waals surface area (Å²) in [5.41, 5.74) is 2.26. The summed E-state index contributed by atoms with van der Waals surface area (Å²) in [7, 11) is 0. The molecule has 0 saturated carbocycles. The molecule has 1 heterocycles. The normalized spacial score (nSPS) is 15.1. The van der Waals surface area contributed by atoms with E-state index in [2.05, 4.69) is 32.2 Å². The van der Waals surface area contributed by atoms with Gasteiger partial charge in [0.05, 0.1) is 5.75 Å².